The molecule has 0 aliphatic heterocycles. The van der Waals surface area contributed by atoms with E-state index in [4.69, 9.17) is 9.66 Å². The van der Waals surface area contributed by atoms with Crippen molar-refractivity contribution in [3.63, 3.8) is 0 Å². The summed E-state index contributed by atoms with van der Waals surface area (Å²) >= 11 is -2.36. The van der Waals surface area contributed by atoms with Crippen LogP contribution in [0, 0.1) is 10.1 Å². The molecule has 80 valence electrons. The number of aromatic carboxylic acids is 1. The Labute approximate surface area is 85.8 Å². The summed E-state index contributed by atoms with van der Waals surface area (Å²) < 4.78 is 19.3. The van der Waals surface area contributed by atoms with Gasteiger partial charge in [-0.25, -0.2) is 9.00 Å². The van der Waals surface area contributed by atoms with Crippen molar-refractivity contribution in [1.82, 2.24) is 0 Å². The molecule has 0 radical (unpaired) electrons. The highest BCUT2D eigenvalue weighted by Crippen LogP contribution is 2.21. The number of carboxylic acids is 1. The normalized spacial score (nSPS) is 12.1. The van der Waals surface area contributed by atoms with Crippen LogP contribution in [-0.4, -0.2) is 24.8 Å². The number of nitrogens with zero attached hydrogens (tertiary/aromatic N) is 1. The van der Waals surface area contributed by atoms with Crippen LogP contribution in [0.4, 0.5) is 5.69 Å². The number of nitro groups is 1. The predicted octanol–water partition coefficient (Wildman–Crippen LogP) is 0.874. The molecule has 0 spiro atoms. The Bertz CT molecular complexity index is 457. The van der Waals surface area contributed by atoms with Gasteiger partial charge in [0.1, 0.15) is 5.56 Å². The Morgan fingerprint density at radius 3 is 2.47 bits per heavy atom. The van der Waals surface area contributed by atoms with Crippen LogP contribution in [0.5, 0.6) is 0 Å². The zero-order valence-corrected chi connectivity index (χ0v) is 7.93. The van der Waals surface area contributed by atoms with Crippen LogP contribution < -0.4 is 0 Å². The van der Waals surface area contributed by atoms with Gasteiger partial charge in [0.25, 0.3) is 5.69 Å². The number of hydrogen-bond acceptors (Lipinski definition) is 4. The minimum atomic E-state index is -2.36. The highest BCUT2D eigenvalue weighted by molar-refractivity contribution is 7.79. The lowest BCUT2D eigenvalue weighted by Crippen LogP contribution is -2.04. The topological polar surface area (TPSA) is 118 Å². The smallest absolute Gasteiger partial charge is 0.342 e. The van der Waals surface area contributed by atoms with E-state index < -0.39 is 33.2 Å². The lowest BCUT2D eigenvalue weighted by Gasteiger charge is -1.99. The molecule has 1 rings (SSSR count). The lowest BCUT2D eigenvalue weighted by molar-refractivity contribution is -0.385. The molecule has 0 heterocycles. The summed E-state index contributed by atoms with van der Waals surface area (Å²) in [6, 6.07) is 2.71. The summed E-state index contributed by atoms with van der Waals surface area (Å²) in [7, 11) is 0. The van der Waals surface area contributed by atoms with E-state index in [1.54, 1.807) is 0 Å². The monoisotopic (exact) mass is 231 g/mol. The Hall–Kier alpha value is -1.80. The second kappa shape index (κ2) is 4.15. The van der Waals surface area contributed by atoms with Crippen molar-refractivity contribution >= 4 is 22.7 Å². The van der Waals surface area contributed by atoms with Gasteiger partial charge in [-0.15, -0.1) is 0 Å². The lowest BCUT2D eigenvalue weighted by atomic mass is 10.2. The maximum Gasteiger partial charge on any atom is 0.342 e. The van der Waals surface area contributed by atoms with Crippen LogP contribution in [0.2, 0.25) is 0 Å². The first-order valence-corrected chi connectivity index (χ1v) is 4.66. The molecular weight excluding hydrogens is 226 g/mol. The van der Waals surface area contributed by atoms with Gasteiger partial charge in [0.2, 0.25) is 0 Å². The summed E-state index contributed by atoms with van der Waals surface area (Å²) in [4.78, 5) is 20.0. The molecule has 0 saturated carbocycles. The van der Waals surface area contributed by atoms with Crippen molar-refractivity contribution in [2.75, 3.05) is 0 Å². The molecule has 7 nitrogen and oxygen atoms in total. The summed E-state index contributed by atoms with van der Waals surface area (Å²) in [5.74, 6) is -1.52. The van der Waals surface area contributed by atoms with Crippen molar-refractivity contribution in [2.45, 2.75) is 4.90 Å². The van der Waals surface area contributed by atoms with Crippen LogP contribution >= 0.6 is 0 Å². The predicted molar refractivity (Wildman–Crippen MR) is 49.1 cm³/mol. The fourth-order valence-electron chi connectivity index (χ4n) is 0.954. The van der Waals surface area contributed by atoms with Gasteiger partial charge in [-0.3, -0.25) is 10.1 Å². The van der Waals surface area contributed by atoms with Gasteiger partial charge in [-0.1, -0.05) is 0 Å². The molecule has 0 saturated heterocycles. The Morgan fingerprint density at radius 2 is 2.07 bits per heavy atom. The van der Waals surface area contributed by atoms with Gasteiger partial charge in [-0.05, 0) is 12.1 Å². The number of rotatable bonds is 3. The highest BCUT2D eigenvalue weighted by atomic mass is 32.2. The molecule has 1 atom stereocenters. The molecule has 0 fully saturated rings. The third-order valence-electron chi connectivity index (χ3n) is 1.60. The number of carbonyl (C=O) groups is 1. The second-order valence-electron chi connectivity index (χ2n) is 2.49. The molecule has 8 heteroatoms. The first-order chi connectivity index (χ1) is 6.93. The van der Waals surface area contributed by atoms with Gasteiger partial charge in [0, 0.05) is 6.07 Å². The standard InChI is InChI=1S/C7H5NO6S/c9-7(10)5-3-4(15(13)14)1-2-6(5)8(11)12/h1-3H,(H,9,10)(H,13,14). The average molecular weight is 231 g/mol. The molecule has 0 aliphatic rings. The second-order valence-corrected chi connectivity index (χ2v) is 3.46. The van der Waals surface area contributed by atoms with Crippen LogP contribution in [0.15, 0.2) is 23.1 Å². The van der Waals surface area contributed by atoms with Crippen molar-refractivity contribution < 1.29 is 23.6 Å². The molecule has 0 bridgehead atoms. The fourth-order valence-corrected chi connectivity index (χ4v) is 1.36. The van der Waals surface area contributed by atoms with Crippen LogP contribution in [-0.2, 0) is 11.1 Å². The summed E-state index contributed by atoms with van der Waals surface area (Å²) in [5, 5.41) is 19.0. The number of hydrogen-bond donors (Lipinski definition) is 2. The minimum absolute atomic E-state index is 0.196. The number of benzene rings is 1. The Balaban J connectivity index is 3.40. The first kappa shape index (κ1) is 11.3. The average Bonchev–Trinajstić information content (AvgIpc) is 2.16. The van der Waals surface area contributed by atoms with E-state index in [1.807, 2.05) is 0 Å². The number of nitro benzene ring substituents is 1. The maximum absolute atomic E-state index is 10.6. The molecule has 2 N–H and O–H groups in total. The molecule has 0 aliphatic carbocycles. The van der Waals surface area contributed by atoms with E-state index in [2.05, 4.69) is 0 Å². The minimum Gasteiger partial charge on any atom is -0.477 e. The molecule has 15 heavy (non-hydrogen) atoms. The molecule has 1 aromatic carbocycles. The maximum atomic E-state index is 10.6. The Morgan fingerprint density at radius 1 is 1.47 bits per heavy atom. The van der Waals surface area contributed by atoms with E-state index in [0.717, 1.165) is 18.2 Å². The largest absolute Gasteiger partial charge is 0.477 e. The third-order valence-corrected chi connectivity index (χ3v) is 2.25. The van der Waals surface area contributed by atoms with Crippen molar-refractivity contribution in [1.29, 1.82) is 0 Å². The van der Waals surface area contributed by atoms with Gasteiger partial charge < -0.3 is 9.66 Å². The molecule has 1 unspecified atom stereocenters. The van der Waals surface area contributed by atoms with Gasteiger partial charge in [0.15, 0.2) is 11.1 Å². The third kappa shape index (κ3) is 2.36. The first-order valence-electron chi connectivity index (χ1n) is 3.56. The van der Waals surface area contributed by atoms with Crippen LogP contribution in [0.3, 0.4) is 0 Å². The molecular formula is C7H5NO6S. The van der Waals surface area contributed by atoms with E-state index in [9.17, 15) is 19.1 Å². The van der Waals surface area contributed by atoms with Crippen molar-refractivity contribution in [3.05, 3.63) is 33.9 Å². The van der Waals surface area contributed by atoms with Crippen molar-refractivity contribution in [2.24, 2.45) is 0 Å². The van der Waals surface area contributed by atoms with Crippen molar-refractivity contribution in [3.8, 4) is 0 Å². The van der Waals surface area contributed by atoms with E-state index >= 15 is 0 Å². The van der Waals surface area contributed by atoms with E-state index in [0.29, 0.717) is 0 Å². The molecule has 1 aromatic rings. The van der Waals surface area contributed by atoms with Gasteiger partial charge in [0.05, 0.1) is 9.82 Å². The molecule has 0 aromatic heterocycles. The van der Waals surface area contributed by atoms with Crippen LogP contribution in [0.25, 0.3) is 0 Å². The fraction of sp³-hybridized carbons (Fsp3) is 0. The van der Waals surface area contributed by atoms with E-state index in [-0.39, 0.29) is 4.90 Å². The number of carboxylic acid groups (broad SMARTS) is 1. The quantitative estimate of drug-likeness (QED) is 0.452. The Kier molecular flexibility index (Phi) is 3.12. The zero-order valence-electron chi connectivity index (χ0n) is 7.11. The summed E-state index contributed by atoms with van der Waals surface area (Å²) in [5.41, 5.74) is -1.23. The highest BCUT2D eigenvalue weighted by Gasteiger charge is 2.20. The SMILES string of the molecule is O=C(O)c1cc(S(=O)O)ccc1[N+](=O)[O-]. The van der Waals surface area contributed by atoms with E-state index in [1.165, 1.54) is 0 Å². The summed E-state index contributed by atoms with van der Waals surface area (Å²) in [6.07, 6.45) is 0. The zero-order chi connectivity index (χ0) is 11.6. The summed E-state index contributed by atoms with van der Waals surface area (Å²) in [6.45, 7) is 0. The molecule has 0 amide bonds. The van der Waals surface area contributed by atoms with Crippen LogP contribution in [0.1, 0.15) is 10.4 Å². The van der Waals surface area contributed by atoms with Gasteiger partial charge in [-0.2, -0.15) is 0 Å². The van der Waals surface area contributed by atoms with Gasteiger partial charge >= 0.3 is 5.97 Å².